The summed E-state index contributed by atoms with van der Waals surface area (Å²) in [7, 11) is 1.60. The van der Waals surface area contributed by atoms with Crippen LogP contribution in [0.2, 0.25) is 0 Å². The molecule has 4 heteroatoms. The summed E-state index contributed by atoms with van der Waals surface area (Å²) in [5, 5.41) is 12.5. The van der Waals surface area contributed by atoms with Crippen molar-refractivity contribution in [2.45, 2.75) is 38.6 Å². The minimum Gasteiger partial charge on any atom is -0.495 e. The zero-order chi connectivity index (χ0) is 13.8. The highest BCUT2D eigenvalue weighted by molar-refractivity contribution is 5.89. The molecule has 19 heavy (non-hydrogen) atoms. The first-order chi connectivity index (χ1) is 9.11. The van der Waals surface area contributed by atoms with Gasteiger partial charge in [-0.15, -0.1) is 0 Å². The van der Waals surface area contributed by atoms with E-state index in [4.69, 9.17) is 9.84 Å². The number of aromatic carboxylic acids is 1. The Kier molecular flexibility index (Phi) is 4.30. The maximum Gasteiger partial charge on any atom is 0.335 e. The Morgan fingerprint density at radius 3 is 2.68 bits per heavy atom. The average Bonchev–Trinajstić information content (AvgIpc) is 2.92. The summed E-state index contributed by atoms with van der Waals surface area (Å²) in [6.45, 7) is 2.16. The lowest BCUT2D eigenvalue weighted by molar-refractivity contribution is 0.0697. The maximum absolute atomic E-state index is 11.0. The number of hydrogen-bond donors (Lipinski definition) is 2. The Labute approximate surface area is 113 Å². The van der Waals surface area contributed by atoms with E-state index < -0.39 is 5.97 Å². The van der Waals surface area contributed by atoms with Gasteiger partial charge in [0.25, 0.3) is 0 Å². The van der Waals surface area contributed by atoms with Gasteiger partial charge in [-0.1, -0.05) is 12.8 Å². The highest BCUT2D eigenvalue weighted by atomic mass is 16.5. The van der Waals surface area contributed by atoms with Crippen LogP contribution in [0.5, 0.6) is 5.75 Å². The van der Waals surface area contributed by atoms with Gasteiger partial charge in [-0.3, -0.25) is 0 Å². The predicted molar refractivity (Wildman–Crippen MR) is 75.0 cm³/mol. The first-order valence-corrected chi connectivity index (χ1v) is 6.79. The quantitative estimate of drug-likeness (QED) is 0.855. The first kappa shape index (κ1) is 13.7. The van der Waals surface area contributed by atoms with Crippen molar-refractivity contribution in [3.8, 4) is 5.75 Å². The third kappa shape index (κ3) is 3.19. The molecule has 1 unspecified atom stereocenters. The summed E-state index contributed by atoms with van der Waals surface area (Å²) in [5.74, 6) is 0.437. The topological polar surface area (TPSA) is 58.6 Å². The molecule has 0 aliphatic heterocycles. The lowest BCUT2D eigenvalue weighted by Gasteiger charge is -2.23. The first-order valence-electron chi connectivity index (χ1n) is 6.79. The lowest BCUT2D eigenvalue weighted by Crippen LogP contribution is -2.24. The second-order valence-corrected chi connectivity index (χ2v) is 5.20. The summed E-state index contributed by atoms with van der Waals surface area (Å²) in [6, 6.07) is 5.24. The number of carboxylic acids is 1. The van der Waals surface area contributed by atoms with Crippen LogP contribution in [0.3, 0.4) is 0 Å². The number of benzene rings is 1. The van der Waals surface area contributed by atoms with Crippen molar-refractivity contribution in [3.63, 3.8) is 0 Å². The van der Waals surface area contributed by atoms with Crippen LogP contribution in [0.4, 0.5) is 5.69 Å². The van der Waals surface area contributed by atoms with Crippen LogP contribution >= 0.6 is 0 Å². The molecule has 2 rings (SSSR count). The maximum atomic E-state index is 11.0. The summed E-state index contributed by atoms with van der Waals surface area (Å²) in [5.41, 5.74) is 1.05. The molecule has 0 radical (unpaired) electrons. The van der Waals surface area contributed by atoms with Gasteiger partial charge in [0, 0.05) is 6.04 Å². The van der Waals surface area contributed by atoms with Crippen LogP contribution < -0.4 is 10.1 Å². The Hall–Kier alpha value is -1.71. The monoisotopic (exact) mass is 263 g/mol. The van der Waals surface area contributed by atoms with Gasteiger partial charge in [0.05, 0.1) is 18.4 Å². The molecular formula is C15H21NO3. The lowest BCUT2D eigenvalue weighted by atomic mass is 9.99. The largest absolute Gasteiger partial charge is 0.495 e. The second kappa shape index (κ2) is 5.95. The van der Waals surface area contributed by atoms with Gasteiger partial charge in [-0.2, -0.15) is 0 Å². The van der Waals surface area contributed by atoms with E-state index in [1.54, 1.807) is 25.3 Å². The van der Waals surface area contributed by atoms with E-state index in [1.165, 1.54) is 25.7 Å². The Balaban J connectivity index is 2.16. The number of methoxy groups -OCH3 is 1. The summed E-state index contributed by atoms with van der Waals surface area (Å²) in [6.07, 6.45) is 5.08. The van der Waals surface area contributed by atoms with E-state index in [2.05, 4.69) is 12.2 Å². The number of nitrogens with one attached hydrogen (secondary N) is 1. The van der Waals surface area contributed by atoms with Crippen LogP contribution in [0.1, 0.15) is 43.0 Å². The molecule has 0 bridgehead atoms. The fourth-order valence-electron chi connectivity index (χ4n) is 2.77. The van der Waals surface area contributed by atoms with E-state index in [9.17, 15) is 4.79 Å². The Morgan fingerprint density at radius 1 is 1.42 bits per heavy atom. The number of carbonyl (C=O) groups is 1. The smallest absolute Gasteiger partial charge is 0.335 e. The second-order valence-electron chi connectivity index (χ2n) is 5.20. The molecular weight excluding hydrogens is 242 g/mol. The standard InChI is InChI=1S/C15H21NO3/c1-10(11-5-3-4-6-11)16-13-9-12(15(17)18)7-8-14(13)19-2/h7-11,16H,3-6H2,1-2H3,(H,17,18). The molecule has 1 aliphatic rings. The molecule has 0 spiro atoms. The van der Waals surface area contributed by atoms with Gasteiger partial charge < -0.3 is 15.2 Å². The third-order valence-corrected chi connectivity index (χ3v) is 3.94. The number of ether oxygens (including phenoxy) is 1. The van der Waals surface area contributed by atoms with Crippen molar-refractivity contribution in [2.75, 3.05) is 12.4 Å². The third-order valence-electron chi connectivity index (χ3n) is 3.94. The summed E-state index contributed by atoms with van der Waals surface area (Å²) >= 11 is 0. The Morgan fingerprint density at radius 2 is 2.11 bits per heavy atom. The van der Waals surface area contributed by atoms with E-state index in [0.717, 1.165) is 5.69 Å². The molecule has 0 amide bonds. The normalized spacial score (nSPS) is 17.2. The zero-order valence-corrected chi connectivity index (χ0v) is 11.5. The van der Waals surface area contributed by atoms with E-state index in [-0.39, 0.29) is 5.56 Å². The van der Waals surface area contributed by atoms with Crippen LogP contribution in [0.25, 0.3) is 0 Å². The van der Waals surface area contributed by atoms with Crippen LogP contribution in [-0.4, -0.2) is 24.2 Å². The minimum absolute atomic E-state index is 0.280. The van der Waals surface area contributed by atoms with Crippen molar-refractivity contribution in [1.29, 1.82) is 0 Å². The highest BCUT2D eigenvalue weighted by Crippen LogP contribution is 2.32. The molecule has 1 aromatic carbocycles. The van der Waals surface area contributed by atoms with Crippen molar-refractivity contribution in [3.05, 3.63) is 23.8 Å². The summed E-state index contributed by atoms with van der Waals surface area (Å²) in [4.78, 5) is 11.0. The van der Waals surface area contributed by atoms with Gasteiger partial charge in [-0.05, 0) is 43.9 Å². The van der Waals surface area contributed by atoms with Gasteiger partial charge >= 0.3 is 5.97 Å². The van der Waals surface area contributed by atoms with E-state index >= 15 is 0 Å². The summed E-state index contributed by atoms with van der Waals surface area (Å²) < 4.78 is 5.29. The molecule has 1 fully saturated rings. The van der Waals surface area contributed by atoms with Crippen molar-refractivity contribution in [2.24, 2.45) is 5.92 Å². The number of carboxylic acid groups (broad SMARTS) is 1. The number of rotatable bonds is 5. The molecule has 0 saturated heterocycles. The molecule has 2 N–H and O–H groups in total. The van der Waals surface area contributed by atoms with E-state index in [1.807, 2.05) is 0 Å². The molecule has 104 valence electrons. The fourth-order valence-corrected chi connectivity index (χ4v) is 2.77. The molecule has 1 aromatic rings. The van der Waals surface area contributed by atoms with Crippen molar-refractivity contribution < 1.29 is 14.6 Å². The van der Waals surface area contributed by atoms with Gasteiger partial charge in [0.2, 0.25) is 0 Å². The predicted octanol–water partition coefficient (Wildman–Crippen LogP) is 3.38. The molecule has 1 atom stereocenters. The van der Waals surface area contributed by atoms with Crippen molar-refractivity contribution >= 4 is 11.7 Å². The van der Waals surface area contributed by atoms with Gasteiger partial charge in [0.1, 0.15) is 5.75 Å². The number of anilines is 1. The number of hydrogen-bond acceptors (Lipinski definition) is 3. The molecule has 0 heterocycles. The molecule has 1 saturated carbocycles. The van der Waals surface area contributed by atoms with Crippen LogP contribution in [0.15, 0.2) is 18.2 Å². The van der Waals surface area contributed by atoms with Crippen molar-refractivity contribution in [1.82, 2.24) is 0 Å². The van der Waals surface area contributed by atoms with Gasteiger partial charge in [-0.25, -0.2) is 4.79 Å². The molecule has 0 aromatic heterocycles. The molecule has 4 nitrogen and oxygen atoms in total. The Bertz CT molecular complexity index is 453. The van der Waals surface area contributed by atoms with Crippen LogP contribution in [-0.2, 0) is 0 Å². The fraction of sp³-hybridized carbons (Fsp3) is 0.533. The van der Waals surface area contributed by atoms with E-state index in [0.29, 0.717) is 17.7 Å². The SMILES string of the molecule is COc1ccc(C(=O)O)cc1NC(C)C1CCCC1. The zero-order valence-electron chi connectivity index (χ0n) is 11.5. The van der Waals surface area contributed by atoms with Crippen LogP contribution in [0, 0.1) is 5.92 Å². The molecule has 1 aliphatic carbocycles. The average molecular weight is 263 g/mol. The highest BCUT2D eigenvalue weighted by Gasteiger charge is 2.22. The minimum atomic E-state index is -0.917. The van der Waals surface area contributed by atoms with Gasteiger partial charge in [0.15, 0.2) is 0 Å².